The standard InChI is InChI=1S/C13H18N2O2S2/c16-13(17-15-9-3-4-10-15)7-5-11-18-19-12-6-1-2-8-14-12/h1-2,6,8H,3-5,7,9-11H2. The Kier molecular flexibility index (Phi) is 6.53. The van der Waals surface area contributed by atoms with Crippen LogP contribution in [0.2, 0.25) is 0 Å². The van der Waals surface area contributed by atoms with E-state index in [2.05, 4.69) is 4.98 Å². The van der Waals surface area contributed by atoms with E-state index in [0.717, 1.165) is 43.1 Å². The van der Waals surface area contributed by atoms with E-state index in [9.17, 15) is 4.79 Å². The number of hydrogen-bond donors (Lipinski definition) is 0. The fourth-order valence-corrected chi connectivity index (χ4v) is 3.71. The maximum absolute atomic E-state index is 11.5. The van der Waals surface area contributed by atoms with Gasteiger partial charge in [-0.2, -0.15) is 0 Å². The molecule has 1 saturated heterocycles. The molecule has 0 aromatic carbocycles. The largest absolute Gasteiger partial charge is 0.368 e. The van der Waals surface area contributed by atoms with E-state index >= 15 is 0 Å². The number of carbonyl (C=O) groups excluding carboxylic acids is 1. The summed E-state index contributed by atoms with van der Waals surface area (Å²) in [6.45, 7) is 1.77. The number of carbonyl (C=O) groups is 1. The average molecular weight is 298 g/mol. The van der Waals surface area contributed by atoms with Gasteiger partial charge in [-0.1, -0.05) is 16.9 Å². The monoisotopic (exact) mass is 298 g/mol. The van der Waals surface area contributed by atoms with Crippen molar-refractivity contribution >= 4 is 27.6 Å². The molecule has 1 aliphatic heterocycles. The molecule has 1 aromatic rings. The van der Waals surface area contributed by atoms with Crippen LogP contribution in [0.15, 0.2) is 29.4 Å². The van der Waals surface area contributed by atoms with Crippen molar-refractivity contribution in [3.05, 3.63) is 24.4 Å². The fourth-order valence-electron chi connectivity index (χ4n) is 1.74. The highest BCUT2D eigenvalue weighted by molar-refractivity contribution is 8.76. The molecule has 0 atom stereocenters. The molecule has 1 aromatic heterocycles. The van der Waals surface area contributed by atoms with Gasteiger partial charge < -0.3 is 4.84 Å². The summed E-state index contributed by atoms with van der Waals surface area (Å²) in [4.78, 5) is 21.0. The van der Waals surface area contributed by atoms with Crippen molar-refractivity contribution in [3.8, 4) is 0 Å². The third-order valence-electron chi connectivity index (χ3n) is 2.69. The Morgan fingerprint density at radius 2 is 2.21 bits per heavy atom. The molecule has 1 aliphatic rings. The fraction of sp³-hybridized carbons (Fsp3) is 0.538. The molecule has 4 nitrogen and oxygen atoms in total. The highest BCUT2D eigenvalue weighted by Gasteiger charge is 2.15. The van der Waals surface area contributed by atoms with Crippen LogP contribution in [0.3, 0.4) is 0 Å². The molecule has 0 amide bonds. The van der Waals surface area contributed by atoms with Crippen molar-refractivity contribution < 1.29 is 9.63 Å². The minimum absolute atomic E-state index is 0.106. The lowest BCUT2D eigenvalue weighted by molar-refractivity contribution is -0.185. The number of hydroxylamine groups is 2. The molecular formula is C13H18N2O2S2. The molecule has 104 valence electrons. The van der Waals surface area contributed by atoms with Crippen LogP contribution in [0.5, 0.6) is 0 Å². The van der Waals surface area contributed by atoms with Crippen LogP contribution in [0.4, 0.5) is 0 Å². The van der Waals surface area contributed by atoms with Crippen molar-refractivity contribution in [1.82, 2.24) is 10.0 Å². The second-order valence-corrected chi connectivity index (χ2v) is 6.71. The highest BCUT2D eigenvalue weighted by atomic mass is 33.1. The first-order valence-corrected chi connectivity index (χ1v) is 8.83. The van der Waals surface area contributed by atoms with Gasteiger partial charge in [-0.05, 0) is 42.2 Å². The van der Waals surface area contributed by atoms with Gasteiger partial charge in [0.1, 0.15) is 5.03 Å². The zero-order valence-corrected chi connectivity index (χ0v) is 12.4. The number of aromatic nitrogens is 1. The number of hydrogen-bond acceptors (Lipinski definition) is 6. The van der Waals surface area contributed by atoms with E-state index in [-0.39, 0.29) is 5.97 Å². The van der Waals surface area contributed by atoms with E-state index in [1.54, 1.807) is 32.8 Å². The molecule has 0 saturated carbocycles. The Morgan fingerprint density at radius 3 is 2.95 bits per heavy atom. The van der Waals surface area contributed by atoms with Gasteiger partial charge >= 0.3 is 5.97 Å². The molecule has 2 rings (SSSR count). The second-order valence-electron chi connectivity index (χ2n) is 4.28. The first-order valence-electron chi connectivity index (χ1n) is 6.51. The second kappa shape index (κ2) is 8.45. The summed E-state index contributed by atoms with van der Waals surface area (Å²) < 4.78 is 0. The van der Waals surface area contributed by atoms with E-state index in [4.69, 9.17) is 4.84 Å². The molecule has 2 heterocycles. The number of nitrogens with zero attached hydrogens (tertiary/aromatic N) is 2. The van der Waals surface area contributed by atoms with Crippen molar-refractivity contribution in [1.29, 1.82) is 0 Å². The quantitative estimate of drug-likeness (QED) is 0.569. The Bertz CT molecular complexity index is 383. The summed E-state index contributed by atoms with van der Waals surface area (Å²) >= 11 is 0. The molecule has 0 N–H and O–H groups in total. The van der Waals surface area contributed by atoms with Gasteiger partial charge in [-0.25, -0.2) is 4.98 Å². The third kappa shape index (κ3) is 5.84. The van der Waals surface area contributed by atoms with Crippen LogP contribution in [0.1, 0.15) is 25.7 Å². The lowest BCUT2D eigenvalue weighted by atomic mass is 10.3. The zero-order chi connectivity index (χ0) is 13.3. The summed E-state index contributed by atoms with van der Waals surface area (Å²) in [5.41, 5.74) is 0. The smallest absolute Gasteiger partial charge is 0.325 e. The number of pyridine rings is 1. The number of rotatable bonds is 7. The van der Waals surface area contributed by atoms with Crippen molar-refractivity contribution in [2.75, 3.05) is 18.8 Å². The Morgan fingerprint density at radius 1 is 1.37 bits per heavy atom. The van der Waals surface area contributed by atoms with Crippen LogP contribution in [0, 0.1) is 0 Å². The van der Waals surface area contributed by atoms with E-state index in [1.807, 2.05) is 18.2 Å². The lowest BCUT2D eigenvalue weighted by Crippen LogP contribution is -2.23. The van der Waals surface area contributed by atoms with Gasteiger partial charge in [0.2, 0.25) is 0 Å². The Hall–Kier alpha value is -0.720. The molecule has 6 heteroatoms. The topological polar surface area (TPSA) is 42.4 Å². The Balaban J connectivity index is 1.50. The predicted molar refractivity (Wildman–Crippen MR) is 78.7 cm³/mol. The van der Waals surface area contributed by atoms with Gasteiger partial charge in [0.25, 0.3) is 0 Å². The molecular weight excluding hydrogens is 280 g/mol. The summed E-state index contributed by atoms with van der Waals surface area (Å²) in [5, 5.41) is 2.78. The summed E-state index contributed by atoms with van der Waals surface area (Å²) in [5.74, 6) is 0.821. The van der Waals surface area contributed by atoms with Crippen molar-refractivity contribution in [2.45, 2.75) is 30.7 Å². The molecule has 1 fully saturated rings. The summed E-state index contributed by atoms with van der Waals surface area (Å²) in [6, 6.07) is 5.87. The minimum Gasteiger partial charge on any atom is -0.368 e. The molecule has 0 spiro atoms. The van der Waals surface area contributed by atoms with E-state index < -0.39 is 0 Å². The first-order chi connectivity index (χ1) is 9.34. The summed E-state index contributed by atoms with van der Waals surface area (Å²) in [7, 11) is 3.37. The van der Waals surface area contributed by atoms with Gasteiger partial charge in [-0.3, -0.25) is 4.79 Å². The maximum Gasteiger partial charge on any atom is 0.325 e. The average Bonchev–Trinajstić information content (AvgIpc) is 2.92. The SMILES string of the molecule is O=C(CCCSSc1ccccn1)ON1CCCC1. The molecule has 19 heavy (non-hydrogen) atoms. The van der Waals surface area contributed by atoms with Gasteiger partial charge in [0.05, 0.1) is 0 Å². The van der Waals surface area contributed by atoms with Crippen LogP contribution >= 0.6 is 21.6 Å². The first kappa shape index (κ1) is 14.7. The van der Waals surface area contributed by atoms with Crippen LogP contribution in [0.25, 0.3) is 0 Å². The van der Waals surface area contributed by atoms with Crippen LogP contribution in [-0.2, 0) is 9.63 Å². The lowest BCUT2D eigenvalue weighted by Gasteiger charge is -2.13. The van der Waals surface area contributed by atoms with E-state index in [0.29, 0.717) is 6.42 Å². The normalized spacial score (nSPS) is 15.6. The van der Waals surface area contributed by atoms with Crippen molar-refractivity contribution in [2.24, 2.45) is 0 Å². The molecule has 0 aliphatic carbocycles. The Labute approximate surface area is 121 Å². The van der Waals surface area contributed by atoms with Crippen LogP contribution in [-0.4, -0.2) is 34.9 Å². The molecule has 0 radical (unpaired) electrons. The minimum atomic E-state index is -0.106. The van der Waals surface area contributed by atoms with Gasteiger partial charge in [0.15, 0.2) is 0 Å². The van der Waals surface area contributed by atoms with Crippen LogP contribution < -0.4 is 0 Å². The highest BCUT2D eigenvalue weighted by Crippen LogP contribution is 2.29. The molecule has 0 bridgehead atoms. The summed E-state index contributed by atoms with van der Waals surface area (Å²) in [6.07, 6.45) is 5.38. The third-order valence-corrected chi connectivity index (χ3v) is 5.04. The predicted octanol–water partition coefficient (Wildman–Crippen LogP) is 3.16. The van der Waals surface area contributed by atoms with Gasteiger partial charge in [-0.15, -0.1) is 5.06 Å². The zero-order valence-electron chi connectivity index (χ0n) is 10.8. The van der Waals surface area contributed by atoms with Crippen molar-refractivity contribution in [3.63, 3.8) is 0 Å². The molecule has 0 unspecified atom stereocenters. The van der Waals surface area contributed by atoms with Gasteiger partial charge in [0, 0.05) is 31.5 Å². The van der Waals surface area contributed by atoms with E-state index in [1.165, 1.54) is 0 Å². The maximum atomic E-state index is 11.5.